The highest BCUT2D eigenvalue weighted by atomic mass is 16.5. The average Bonchev–Trinajstić information content (AvgIpc) is 2.46. The van der Waals surface area contributed by atoms with Gasteiger partial charge >= 0.3 is 5.97 Å². The van der Waals surface area contributed by atoms with Crippen LogP contribution in [0.3, 0.4) is 0 Å². The van der Waals surface area contributed by atoms with Crippen molar-refractivity contribution in [3.63, 3.8) is 0 Å². The summed E-state index contributed by atoms with van der Waals surface area (Å²) in [4.78, 5) is 34.6. The molecule has 1 aromatic rings. The highest BCUT2D eigenvalue weighted by molar-refractivity contribution is 5.98. The molecule has 3 N–H and O–H groups in total. The summed E-state index contributed by atoms with van der Waals surface area (Å²) < 4.78 is 5.08. The number of carboxylic acids is 1. The number of carboxylic acid groups (broad SMARTS) is 1. The van der Waals surface area contributed by atoms with Gasteiger partial charge in [-0.05, 0) is 37.6 Å². The molecule has 7 nitrogen and oxygen atoms in total. The topological polar surface area (TPSA) is 105 Å². The van der Waals surface area contributed by atoms with Gasteiger partial charge in [0.05, 0.1) is 0 Å². The molecule has 0 spiro atoms. The molecular formula is C17H24N2O5. The average molecular weight is 336 g/mol. The fraction of sp³-hybridized carbons (Fsp3) is 0.471. The van der Waals surface area contributed by atoms with E-state index in [-0.39, 0.29) is 11.8 Å². The number of hydrogen-bond donors (Lipinski definition) is 3. The van der Waals surface area contributed by atoms with Crippen LogP contribution in [0, 0.1) is 12.3 Å². The molecule has 0 aliphatic rings. The van der Waals surface area contributed by atoms with Gasteiger partial charge in [-0.15, -0.1) is 0 Å². The minimum atomic E-state index is -1.06. The number of benzene rings is 1. The standard InChI is InChI=1S/C17H24N2O5/c1-10-8-12(24-9-14(20)21)6-7-13(10)19-15(22)11(2)18-16(23)17(3,4)5/h6-8,11H,9H2,1-5H3,(H,18,23)(H,19,22)(H,20,21). The third kappa shape index (κ3) is 5.91. The summed E-state index contributed by atoms with van der Waals surface area (Å²) in [5.74, 6) is -1.20. The number of aliphatic carboxylic acids is 1. The molecule has 0 radical (unpaired) electrons. The third-order valence-electron chi connectivity index (χ3n) is 3.24. The molecule has 0 aromatic heterocycles. The Morgan fingerprint density at radius 1 is 1.25 bits per heavy atom. The van der Waals surface area contributed by atoms with Crippen LogP contribution < -0.4 is 15.4 Å². The molecule has 132 valence electrons. The van der Waals surface area contributed by atoms with Crippen molar-refractivity contribution in [3.8, 4) is 5.75 Å². The van der Waals surface area contributed by atoms with Crippen LogP contribution in [0.25, 0.3) is 0 Å². The lowest BCUT2D eigenvalue weighted by atomic mass is 9.95. The zero-order valence-electron chi connectivity index (χ0n) is 14.6. The molecule has 1 unspecified atom stereocenters. The van der Waals surface area contributed by atoms with Crippen molar-refractivity contribution in [3.05, 3.63) is 23.8 Å². The molecule has 24 heavy (non-hydrogen) atoms. The van der Waals surface area contributed by atoms with E-state index in [0.717, 1.165) is 5.56 Å². The van der Waals surface area contributed by atoms with Crippen molar-refractivity contribution < 1.29 is 24.2 Å². The van der Waals surface area contributed by atoms with Crippen LogP contribution in [0.15, 0.2) is 18.2 Å². The zero-order valence-corrected chi connectivity index (χ0v) is 14.6. The molecule has 0 saturated heterocycles. The summed E-state index contributed by atoms with van der Waals surface area (Å²) in [6.07, 6.45) is 0. The molecular weight excluding hydrogens is 312 g/mol. The SMILES string of the molecule is Cc1cc(OCC(=O)O)ccc1NC(=O)C(C)NC(=O)C(C)(C)C. The van der Waals surface area contributed by atoms with Crippen LogP contribution in [0.2, 0.25) is 0 Å². The Kier molecular flexibility index (Phi) is 6.34. The number of aryl methyl sites for hydroxylation is 1. The number of anilines is 1. The second-order valence-electron chi connectivity index (χ2n) is 6.59. The van der Waals surface area contributed by atoms with Crippen LogP contribution in [-0.2, 0) is 14.4 Å². The van der Waals surface area contributed by atoms with E-state index < -0.39 is 24.0 Å². The quantitative estimate of drug-likeness (QED) is 0.736. The van der Waals surface area contributed by atoms with Crippen molar-refractivity contribution in [1.82, 2.24) is 5.32 Å². The van der Waals surface area contributed by atoms with Crippen molar-refractivity contribution in [2.24, 2.45) is 5.41 Å². The zero-order chi connectivity index (χ0) is 18.5. The molecule has 0 bridgehead atoms. The minimum Gasteiger partial charge on any atom is -0.482 e. The van der Waals surface area contributed by atoms with Crippen LogP contribution in [0.4, 0.5) is 5.69 Å². The normalized spacial score (nSPS) is 12.2. The first-order valence-corrected chi connectivity index (χ1v) is 7.58. The first-order valence-electron chi connectivity index (χ1n) is 7.58. The van der Waals surface area contributed by atoms with E-state index in [0.29, 0.717) is 11.4 Å². The van der Waals surface area contributed by atoms with Gasteiger partial charge in [0, 0.05) is 11.1 Å². The van der Waals surface area contributed by atoms with Crippen LogP contribution in [0.5, 0.6) is 5.75 Å². The number of carbonyl (C=O) groups is 3. The summed E-state index contributed by atoms with van der Waals surface area (Å²) in [6.45, 7) is 8.26. The molecule has 1 atom stereocenters. The number of rotatable bonds is 6. The Labute approximate surface area is 141 Å². The Balaban J connectivity index is 2.70. The maximum atomic E-state index is 12.2. The van der Waals surface area contributed by atoms with Crippen molar-refractivity contribution in [2.45, 2.75) is 40.7 Å². The van der Waals surface area contributed by atoms with Gasteiger partial charge in [0.1, 0.15) is 11.8 Å². The Morgan fingerprint density at radius 2 is 1.88 bits per heavy atom. The fourth-order valence-corrected chi connectivity index (χ4v) is 1.73. The Bertz CT molecular complexity index is 634. The van der Waals surface area contributed by atoms with Crippen molar-refractivity contribution >= 4 is 23.5 Å². The van der Waals surface area contributed by atoms with Gasteiger partial charge in [0.15, 0.2) is 6.61 Å². The number of hydrogen-bond acceptors (Lipinski definition) is 4. The Morgan fingerprint density at radius 3 is 2.38 bits per heavy atom. The van der Waals surface area contributed by atoms with Crippen molar-refractivity contribution in [1.29, 1.82) is 0 Å². The predicted octanol–water partition coefficient (Wildman–Crippen LogP) is 1.95. The van der Waals surface area contributed by atoms with E-state index >= 15 is 0 Å². The maximum absolute atomic E-state index is 12.2. The maximum Gasteiger partial charge on any atom is 0.341 e. The summed E-state index contributed by atoms with van der Waals surface area (Å²) >= 11 is 0. The third-order valence-corrected chi connectivity index (χ3v) is 3.24. The molecule has 0 aliphatic heterocycles. The van der Waals surface area contributed by atoms with Crippen LogP contribution in [-0.4, -0.2) is 35.5 Å². The van der Waals surface area contributed by atoms with Gasteiger partial charge in [-0.2, -0.15) is 0 Å². The second kappa shape index (κ2) is 7.81. The predicted molar refractivity (Wildman–Crippen MR) is 90.0 cm³/mol. The highest BCUT2D eigenvalue weighted by Gasteiger charge is 2.25. The summed E-state index contributed by atoms with van der Waals surface area (Å²) in [5.41, 5.74) is 0.716. The van der Waals surface area contributed by atoms with Crippen molar-refractivity contribution in [2.75, 3.05) is 11.9 Å². The largest absolute Gasteiger partial charge is 0.482 e. The number of ether oxygens (including phenoxy) is 1. The van der Waals surface area contributed by atoms with Gasteiger partial charge in [-0.3, -0.25) is 9.59 Å². The van der Waals surface area contributed by atoms with Gasteiger partial charge in [-0.25, -0.2) is 4.79 Å². The molecule has 1 aromatic carbocycles. The molecule has 7 heteroatoms. The molecule has 2 amide bonds. The van der Waals surface area contributed by atoms with Gasteiger partial charge < -0.3 is 20.5 Å². The van der Waals surface area contributed by atoms with E-state index in [4.69, 9.17) is 9.84 Å². The minimum absolute atomic E-state index is 0.209. The van der Waals surface area contributed by atoms with E-state index in [9.17, 15) is 14.4 Å². The van der Waals surface area contributed by atoms with Gasteiger partial charge in [-0.1, -0.05) is 20.8 Å². The summed E-state index contributed by atoms with van der Waals surface area (Å²) in [7, 11) is 0. The summed E-state index contributed by atoms with van der Waals surface area (Å²) in [6, 6.07) is 4.16. The van der Waals surface area contributed by atoms with E-state index in [1.807, 2.05) is 0 Å². The fourth-order valence-electron chi connectivity index (χ4n) is 1.73. The van der Waals surface area contributed by atoms with E-state index in [1.54, 1.807) is 52.8 Å². The van der Waals surface area contributed by atoms with E-state index in [1.165, 1.54) is 0 Å². The number of nitrogens with one attached hydrogen (secondary N) is 2. The molecule has 0 fully saturated rings. The van der Waals surface area contributed by atoms with E-state index in [2.05, 4.69) is 10.6 Å². The molecule has 1 rings (SSSR count). The summed E-state index contributed by atoms with van der Waals surface area (Å²) in [5, 5.41) is 14.0. The lowest BCUT2D eigenvalue weighted by Crippen LogP contribution is -2.46. The number of carbonyl (C=O) groups excluding carboxylic acids is 2. The molecule has 0 heterocycles. The first-order chi connectivity index (χ1) is 11.0. The van der Waals surface area contributed by atoms with Crippen LogP contribution in [0.1, 0.15) is 33.3 Å². The second-order valence-corrected chi connectivity index (χ2v) is 6.59. The first kappa shape index (κ1) is 19.5. The monoisotopic (exact) mass is 336 g/mol. The van der Waals surface area contributed by atoms with Gasteiger partial charge in [0.25, 0.3) is 0 Å². The van der Waals surface area contributed by atoms with Gasteiger partial charge in [0.2, 0.25) is 11.8 Å². The van der Waals surface area contributed by atoms with Crippen LogP contribution >= 0.6 is 0 Å². The number of amides is 2. The Hall–Kier alpha value is -2.57. The molecule has 0 saturated carbocycles. The molecule has 0 aliphatic carbocycles. The lowest BCUT2D eigenvalue weighted by molar-refractivity contribution is -0.139. The highest BCUT2D eigenvalue weighted by Crippen LogP contribution is 2.21. The lowest BCUT2D eigenvalue weighted by Gasteiger charge is -2.21. The smallest absolute Gasteiger partial charge is 0.341 e.